The smallest absolute Gasteiger partial charge is 0.267 e. The summed E-state index contributed by atoms with van der Waals surface area (Å²) in [6.45, 7) is 3.39. The van der Waals surface area contributed by atoms with Crippen LogP contribution in [0.3, 0.4) is 0 Å². The predicted octanol–water partition coefficient (Wildman–Crippen LogP) is 1.90. The maximum absolute atomic E-state index is 11.8. The van der Waals surface area contributed by atoms with Crippen LogP contribution in [-0.2, 0) is 0 Å². The van der Waals surface area contributed by atoms with E-state index in [9.17, 15) is 9.90 Å². The lowest BCUT2D eigenvalue weighted by molar-refractivity contribution is 0.0816. The maximum Gasteiger partial charge on any atom is 0.267 e. The zero-order valence-electron chi connectivity index (χ0n) is 11.2. The number of aliphatic hydroxyl groups is 1. The molecule has 1 aliphatic rings. The molecule has 20 heavy (non-hydrogen) atoms. The zero-order chi connectivity index (χ0) is 14.5. The van der Waals surface area contributed by atoms with Crippen molar-refractivity contribution in [2.75, 3.05) is 26.2 Å². The van der Waals surface area contributed by atoms with Gasteiger partial charge in [0.2, 0.25) is 0 Å². The van der Waals surface area contributed by atoms with Gasteiger partial charge in [0.25, 0.3) is 5.91 Å². The van der Waals surface area contributed by atoms with Crippen molar-refractivity contribution in [1.82, 2.24) is 15.2 Å². The molecule has 0 aromatic carbocycles. The number of amides is 1. The fraction of sp³-hybridized carbons (Fsp3) is 0.615. The van der Waals surface area contributed by atoms with Crippen LogP contribution in [0.5, 0.6) is 0 Å². The molecule has 112 valence electrons. The number of halogens is 2. The van der Waals surface area contributed by atoms with Crippen molar-refractivity contribution in [2.45, 2.75) is 25.4 Å². The number of piperidine rings is 1. The lowest BCUT2D eigenvalue weighted by Crippen LogP contribution is -2.37. The van der Waals surface area contributed by atoms with Crippen molar-refractivity contribution >= 4 is 29.1 Å². The highest BCUT2D eigenvalue weighted by Crippen LogP contribution is 2.21. The van der Waals surface area contributed by atoms with E-state index in [4.69, 9.17) is 23.2 Å². The SMILES string of the molecule is O=C(NCCCN1CCC(O)CC1)c1cc(Cl)c(Cl)[nH]1. The van der Waals surface area contributed by atoms with Crippen molar-refractivity contribution in [3.8, 4) is 0 Å². The van der Waals surface area contributed by atoms with E-state index in [2.05, 4.69) is 15.2 Å². The van der Waals surface area contributed by atoms with Crippen LogP contribution >= 0.6 is 23.2 Å². The Morgan fingerprint density at radius 1 is 1.45 bits per heavy atom. The minimum absolute atomic E-state index is 0.145. The molecule has 0 saturated carbocycles. The van der Waals surface area contributed by atoms with Gasteiger partial charge in [-0.3, -0.25) is 4.79 Å². The van der Waals surface area contributed by atoms with Crippen LogP contribution in [-0.4, -0.2) is 53.2 Å². The van der Waals surface area contributed by atoms with Gasteiger partial charge in [-0.15, -0.1) is 0 Å². The van der Waals surface area contributed by atoms with E-state index in [-0.39, 0.29) is 17.2 Å². The summed E-state index contributed by atoms with van der Waals surface area (Å²) < 4.78 is 0. The first kappa shape index (κ1) is 15.6. The maximum atomic E-state index is 11.8. The molecule has 1 amide bonds. The third-order valence-electron chi connectivity index (χ3n) is 3.46. The second kappa shape index (κ2) is 7.31. The summed E-state index contributed by atoms with van der Waals surface area (Å²) >= 11 is 11.5. The van der Waals surface area contributed by atoms with Gasteiger partial charge in [0.15, 0.2) is 0 Å². The summed E-state index contributed by atoms with van der Waals surface area (Å²) in [5.74, 6) is -0.201. The molecule has 2 heterocycles. The highest BCUT2D eigenvalue weighted by Gasteiger charge is 2.16. The van der Waals surface area contributed by atoms with Crippen molar-refractivity contribution < 1.29 is 9.90 Å². The lowest BCUT2D eigenvalue weighted by Gasteiger charge is -2.29. The average molecular weight is 320 g/mol. The van der Waals surface area contributed by atoms with Gasteiger partial charge in [0.05, 0.1) is 11.1 Å². The number of aromatic amines is 1. The van der Waals surface area contributed by atoms with E-state index >= 15 is 0 Å². The van der Waals surface area contributed by atoms with E-state index in [1.807, 2.05) is 0 Å². The fourth-order valence-corrected chi connectivity index (χ4v) is 2.58. The molecule has 1 aromatic heterocycles. The molecule has 0 radical (unpaired) electrons. The molecule has 0 aliphatic carbocycles. The van der Waals surface area contributed by atoms with Crippen LogP contribution in [0.2, 0.25) is 10.2 Å². The Morgan fingerprint density at radius 3 is 2.75 bits per heavy atom. The molecule has 1 fully saturated rings. The number of likely N-dealkylation sites (tertiary alicyclic amines) is 1. The molecule has 1 aliphatic heterocycles. The summed E-state index contributed by atoms with van der Waals surface area (Å²) in [6.07, 6.45) is 2.41. The molecule has 2 rings (SSSR count). The summed E-state index contributed by atoms with van der Waals surface area (Å²) in [7, 11) is 0. The van der Waals surface area contributed by atoms with Gasteiger partial charge < -0.3 is 20.3 Å². The van der Waals surface area contributed by atoms with Crippen LogP contribution in [0.25, 0.3) is 0 Å². The monoisotopic (exact) mass is 319 g/mol. The largest absolute Gasteiger partial charge is 0.393 e. The van der Waals surface area contributed by atoms with Gasteiger partial charge >= 0.3 is 0 Å². The highest BCUT2D eigenvalue weighted by atomic mass is 35.5. The number of nitrogens with one attached hydrogen (secondary N) is 2. The lowest BCUT2D eigenvalue weighted by atomic mass is 10.1. The number of H-pyrrole nitrogens is 1. The first-order valence-corrected chi connectivity index (χ1v) is 7.54. The zero-order valence-corrected chi connectivity index (χ0v) is 12.7. The molecule has 5 nitrogen and oxygen atoms in total. The Labute approximate surface area is 128 Å². The van der Waals surface area contributed by atoms with Gasteiger partial charge in [0.1, 0.15) is 10.8 Å². The Balaban J connectivity index is 1.64. The molecular weight excluding hydrogens is 301 g/mol. The second-order valence-corrected chi connectivity index (χ2v) is 5.81. The Hall–Kier alpha value is -0.750. The number of hydrogen-bond donors (Lipinski definition) is 3. The van der Waals surface area contributed by atoms with E-state index in [1.54, 1.807) is 0 Å². The number of carbonyl (C=O) groups excluding carboxylic acids is 1. The van der Waals surface area contributed by atoms with Crippen molar-refractivity contribution in [3.05, 3.63) is 21.9 Å². The minimum atomic E-state index is -0.201. The number of hydrogen-bond acceptors (Lipinski definition) is 3. The van der Waals surface area contributed by atoms with Crippen molar-refractivity contribution in [3.63, 3.8) is 0 Å². The standard InChI is InChI=1S/C13H19Cl2N3O2/c14-10-8-11(17-12(10)15)13(20)16-4-1-5-18-6-2-9(19)3-7-18/h8-9,17,19H,1-7H2,(H,16,20). The van der Waals surface area contributed by atoms with E-state index < -0.39 is 0 Å². The number of aromatic nitrogens is 1. The van der Waals surface area contributed by atoms with Crippen LogP contribution in [0.4, 0.5) is 0 Å². The second-order valence-electron chi connectivity index (χ2n) is 5.03. The summed E-state index contributed by atoms with van der Waals surface area (Å²) in [6, 6.07) is 1.52. The van der Waals surface area contributed by atoms with Gasteiger partial charge in [-0.1, -0.05) is 23.2 Å². The number of nitrogens with zero attached hydrogens (tertiary/aromatic N) is 1. The summed E-state index contributed by atoms with van der Waals surface area (Å²) in [5, 5.41) is 12.9. The number of rotatable bonds is 5. The summed E-state index contributed by atoms with van der Waals surface area (Å²) in [4.78, 5) is 16.8. The minimum Gasteiger partial charge on any atom is -0.393 e. The Kier molecular flexibility index (Phi) is 5.72. The van der Waals surface area contributed by atoms with Crippen LogP contribution < -0.4 is 5.32 Å². The van der Waals surface area contributed by atoms with Crippen LogP contribution in [0.1, 0.15) is 29.8 Å². The topological polar surface area (TPSA) is 68.4 Å². The van der Waals surface area contributed by atoms with Crippen molar-refractivity contribution in [2.24, 2.45) is 0 Å². The molecule has 0 bridgehead atoms. The van der Waals surface area contributed by atoms with Gasteiger partial charge in [-0.2, -0.15) is 0 Å². The predicted molar refractivity (Wildman–Crippen MR) is 79.4 cm³/mol. The quantitative estimate of drug-likeness (QED) is 0.726. The normalized spacial score (nSPS) is 17.4. The molecule has 1 aromatic rings. The van der Waals surface area contributed by atoms with Gasteiger partial charge in [-0.25, -0.2) is 0 Å². The molecule has 1 saturated heterocycles. The summed E-state index contributed by atoms with van der Waals surface area (Å²) in [5.41, 5.74) is 0.376. The van der Waals surface area contributed by atoms with Crippen molar-refractivity contribution in [1.29, 1.82) is 0 Å². The van der Waals surface area contributed by atoms with E-state index in [1.165, 1.54) is 6.07 Å². The fourth-order valence-electron chi connectivity index (χ4n) is 2.27. The highest BCUT2D eigenvalue weighted by molar-refractivity contribution is 6.41. The Bertz CT molecular complexity index is 437. The average Bonchev–Trinajstić information content (AvgIpc) is 2.77. The molecule has 7 heteroatoms. The third kappa shape index (κ3) is 4.38. The van der Waals surface area contributed by atoms with Crippen LogP contribution in [0.15, 0.2) is 6.07 Å². The van der Waals surface area contributed by atoms with E-state index in [0.717, 1.165) is 38.9 Å². The molecule has 0 spiro atoms. The molecular formula is C13H19Cl2N3O2. The van der Waals surface area contributed by atoms with Crippen LogP contribution in [0, 0.1) is 0 Å². The van der Waals surface area contributed by atoms with Gasteiger partial charge in [0, 0.05) is 19.6 Å². The first-order chi connectivity index (χ1) is 9.56. The number of aliphatic hydroxyl groups excluding tert-OH is 1. The van der Waals surface area contributed by atoms with E-state index in [0.29, 0.717) is 17.3 Å². The third-order valence-corrected chi connectivity index (χ3v) is 4.16. The Morgan fingerprint density at radius 2 is 2.15 bits per heavy atom. The molecule has 0 unspecified atom stereocenters. The molecule has 3 N–H and O–H groups in total. The van der Waals surface area contributed by atoms with Gasteiger partial charge in [-0.05, 0) is 31.9 Å². The molecule has 0 atom stereocenters. The first-order valence-electron chi connectivity index (χ1n) is 6.79. The number of carbonyl (C=O) groups is 1.